The van der Waals surface area contributed by atoms with E-state index in [-0.39, 0.29) is 0 Å². The summed E-state index contributed by atoms with van der Waals surface area (Å²) in [6, 6.07) is 7.63. The number of carboxylic acids is 1. The number of likely N-dealkylation sites (tertiary alicyclic amines) is 1. The third-order valence-corrected chi connectivity index (χ3v) is 3.42. The monoisotopic (exact) mass is 249 g/mol. The van der Waals surface area contributed by atoms with E-state index < -0.39 is 5.97 Å². The van der Waals surface area contributed by atoms with Crippen LogP contribution in [0.25, 0.3) is 0 Å². The van der Waals surface area contributed by atoms with Crippen molar-refractivity contribution in [2.45, 2.75) is 25.4 Å². The largest absolute Gasteiger partial charge is 0.478 e. The second-order valence-corrected chi connectivity index (χ2v) is 4.73. The van der Waals surface area contributed by atoms with Crippen molar-refractivity contribution in [3.63, 3.8) is 0 Å². The van der Waals surface area contributed by atoms with Crippen LogP contribution in [-0.4, -0.2) is 42.3 Å². The van der Waals surface area contributed by atoms with Gasteiger partial charge < -0.3 is 9.84 Å². The van der Waals surface area contributed by atoms with Crippen LogP contribution in [0, 0.1) is 0 Å². The van der Waals surface area contributed by atoms with Crippen molar-refractivity contribution in [3.8, 4) is 0 Å². The molecular weight excluding hydrogens is 230 g/mol. The van der Waals surface area contributed by atoms with Crippen molar-refractivity contribution in [2.24, 2.45) is 0 Å². The van der Waals surface area contributed by atoms with Gasteiger partial charge in [-0.05, 0) is 37.1 Å². The predicted octanol–water partition coefficient (Wildman–Crippen LogP) is 2.00. The Hall–Kier alpha value is -1.39. The number of benzene rings is 1. The van der Waals surface area contributed by atoms with Gasteiger partial charge in [0.05, 0.1) is 12.2 Å². The molecule has 1 aliphatic heterocycles. The lowest BCUT2D eigenvalue weighted by Gasteiger charge is -2.23. The van der Waals surface area contributed by atoms with Gasteiger partial charge in [0.25, 0.3) is 0 Å². The van der Waals surface area contributed by atoms with Crippen LogP contribution in [0.15, 0.2) is 24.3 Å². The van der Waals surface area contributed by atoms with Crippen molar-refractivity contribution in [3.05, 3.63) is 35.4 Å². The minimum absolute atomic E-state index is 0.356. The Kier molecular flexibility index (Phi) is 4.33. The van der Waals surface area contributed by atoms with Gasteiger partial charge in [0, 0.05) is 19.7 Å². The molecule has 1 aliphatic rings. The molecule has 1 heterocycles. The fourth-order valence-corrected chi connectivity index (χ4v) is 2.52. The van der Waals surface area contributed by atoms with Crippen molar-refractivity contribution in [1.29, 1.82) is 0 Å². The van der Waals surface area contributed by atoms with Crippen LogP contribution in [0.1, 0.15) is 28.8 Å². The average molecular weight is 249 g/mol. The molecule has 1 aromatic carbocycles. The van der Waals surface area contributed by atoms with E-state index in [0.717, 1.165) is 31.7 Å². The van der Waals surface area contributed by atoms with Gasteiger partial charge in [-0.1, -0.05) is 12.1 Å². The van der Waals surface area contributed by atoms with Gasteiger partial charge >= 0.3 is 5.97 Å². The van der Waals surface area contributed by atoms with Gasteiger partial charge in [0.15, 0.2) is 0 Å². The number of carbonyl (C=O) groups is 1. The van der Waals surface area contributed by atoms with E-state index in [9.17, 15) is 4.79 Å². The highest BCUT2D eigenvalue weighted by Crippen LogP contribution is 2.20. The third-order valence-electron chi connectivity index (χ3n) is 3.42. The Labute approximate surface area is 107 Å². The molecule has 1 fully saturated rings. The van der Waals surface area contributed by atoms with Crippen molar-refractivity contribution in [1.82, 2.24) is 4.90 Å². The smallest absolute Gasteiger partial charge is 0.335 e. The van der Waals surface area contributed by atoms with Crippen molar-refractivity contribution < 1.29 is 14.6 Å². The normalized spacial score (nSPS) is 20.2. The van der Waals surface area contributed by atoms with Crippen LogP contribution in [0.3, 0.4) is 0 Å². The van der Waals surface area contributed by atoms with E-state index in [4.69, 9.17) is 9.84 Å². The van der Waals surface area contributed by atoms with E-state index in [1.54, 1.807) is 25.3 Å². The maximum absolute atomic E-state index is 10.9. The van der Waals surface area contributed by atoms with Crippen molar-refractivity contribution >= 4 is 5.97 Å². The molecule has 4 nitrogen and oxygen atoms in total. The lowest BCUT2D eigenvalue weighted by atomic mass is 10.1. The summed E-state index contributed by atoms with van der Waals surface area (Å²) >= 11 is 0. The Bertz CT molecular complexity index is 419. The van der Waals surface area contributed by atoms with Crippen LogP contribution >= 0.6 is 0 Å². The number of hydrogen-bond acceptors (Lipinski definition) is 3. The molecule has 0 aromatic heterocycles. The summed E-state index contributed by atoms with van der Waals surface area (Å²) in [5.41, 5.74) is 1.41. The molecule has 0 saturated carbocycles. The first-order valence-corrected chi connectivity index (χ1v) is 6.26. The SMILES string of the molecule is COC[C@@H]1CCCN1Cc1cccc(C(=O)O)c1. The average Bonchev–Trinajstić information content (AvgIpc) is 2.77. The van der Waals surface area contributed by atoms with Gasteiger partial charge in [-0.15, -0.1) is 0 Å². The fourth-order valence-electron chi connectivity index (χ4n) is 2.52. The van der Waals surface area contributed by atoms with E-state index in [1.165, 1.54) is 6.42 Å². The maximum atomic E-state index is 10.9. The molecule has 1 aromatic rings. The highest BCUT2D eigenvalue weighted by molar-refractivity contribution is 5.87. The first kappa shape index (κ1) is 13.1. The van der Waals surface area contributed by atoms with Crippen LogP contribution in [0.5, 0.6) is 0 Å². The summed E-state index contributed by atoms with van der Waals surface area (Å²) in [6.07, 6.45) is 2.35. The zero-order valence-corrected chi connectivity index (χ0v) is 10.6. The topological polar surface area (TPSA) is 49.8 Å². The molecule has 2 rings (SSSR count). The molecule has 1 N–H and O–H groups in total. The number of hydrogen-bond donors (Lipinski definition) is 1. The van der Waals surface area contributed by atoms with Gasteiger partial charge in [-0.25, -0.2) is 4.79 Å². The molecule has 1 atom stereocenters. The molecule has 0 spiro atoms. The number of nitrogens with zero attached hydrogens (tertiary/aromatic N) is 1. The van der Waals surface area contributed by atoms with Gasteiger partial charge in [0.1, 0.15) is 0 Å². The maximum Gasteiger partial charge on any atom is 0.335 e. The van der Waals surface area contributed by atoms with E-state index in [0.29, 0.717) is 11.6 Å². The lowest BCUT2D eigenvalue weighted by Crippen LogP contribution is -2.32. The Morgan fingerprint density at radius 2 is 2.39 bits per heavy atom. The quantitative estimate of drug-likeness (QED) is 0.867. The Balaban J connectivity index is 2.04. The van der Waals surface area contributed by atoms with Gasteiger partial charge in [-0.3, -0.25) is 4.90 Å². The van der Waals surface area contributed by atoms with Crippen LogP contribution in [0.2, 0.25) is 0 Å². The third kappa shape index (κ3) is 3.09. The lowest BCUT2D eigenvalue weighted by molar-refractivity contribution is 0.0696. The first-order chi connectivity index (χ1) is 8.70. The first-order valence-electron chi connectivity index (χ1n) is 6.26. The highest BCUT2D eigenvalue weighted by Gasteiger charge is 2.24. The molecule has 0 radical (unpaired) electrons. The zero-order valence-electron chi connectivity index (χ0n) is 10.6. The van der Waals surface area contributed by atoms with Gasteiger partial charge in [-0.2, -0.15) is 0 Å². The number of aromatic carboxylic acids is 1. The van der Waals surface area contributed by atoms with Crippen LogP contribution in [-0.2, 0) is 11.3 Å². The summed E-state index contributed by atoms with van der Waals surface area (Å²) in [7, 11) is 1.72. The fraction of sp³-hybridized carbons (Fsp3) is 0.500. The van der Waals surface area contributed by atoms with Crippen LogP contribution in [0.4, 0.5) is 0 Å². The minimum Gasteiger partial charge on any atom is -0.478 e. The van der Waals surface area contributed by atoms with E-state index in [1.807, 2.05) is 6.07 Å². The number of carboxylic acid groups (broad SMARTS) is 1. The summed E-state index contributed by atoms with van der Waals surface area (Å²) in [5, 5.41) is 8.97. The Morgan fingerprint density at radius 1 is 1.56 bits per heavy atom. The number of rotatable bonds is 5. The molecule has 0 amide bonds. The zero-order chi connectivity index (χ0) is 13.0. The van der Waals surface area contributed by atoms with Crippen LogP contribution < -0.4 is 0 Å². The highest BCUT2D eigenvalue weighted by atomic mass is 16.5. The summed E-state index contributed by atoms with van der Waals surface area (Å²) < 4.78 is 5.22. The van der Waals surface area contributed by atoms with Crippen molar-refractivity contribution in [2.75, 3.05) is 20.3 Å². The summed E-state index contributed by atoms with van der Waals surface area (Å²) in [6.45, 7) is 2.61. The number of ether oxygens (including phenoxy) is 1. The van der Waals surface area contributed by atoms with E-state index >= 15 is 0 Å². The standard InChI is InChI=1S/C14H19NO3/c1-18-10-13-6-3-7-15(13)9-11-4-2-5-12(8-11)14(16)17/h2,4-5,8,13H,3,6-7,9-10H2,1H3,(H,16,17)/t13-/m0/s1. The molecule has 0 aliphatic carbocycles. The molecule has 4 heteroatoms. The van der Waals surface area contributed by atoms with Gasteiger partial charge in [0.2, 0.25) is 0 Å². The molecule has 1 saturated heterocycles. The minimum atomic E-state index is -0.869. The molecular formula is C14H19NO3. The second-order valence-electron chi connectivity index (χ2n) is 4.73. The van der Waals surface area contributed by atoms with E-state index in [2.05, 4.69) is 4.90 Å². The molecule has 98 valence electrons. The predicted molar refractivity (Wildman–Crippen MR) is 68.7 cm³/mol. The molecule has 18 heavy (non-hydrogen) atoms. The molecule has 0 bridgehead atoms. The summed E-state index contributed by atoms with van der Waals surface area (Å²) in [4.78, 5) is 13.3. The summed E-state index contributed by atoms with van der Waals surface area (Å²) in [5.74, 6) is -0.869. The Morgan fingerprint density at radius 3 is 3.11 bits per heavy atom. The molecule has 0 unspecified atom stereocenters. The second kappa shape index (κ2) is 5.98. The number of methoxy groups -OCH3 is 1.